The minimum Gasteiger partial charge on any atom is -0.200 e. The van der Waals surface area contributed by atoms with Crippen LogP contribution in [0, 0.1) is 6.92 Å². The molecule has 0 saturated carbocycles. The SMILES string of the molecule is Cc1ccc(/C=N\NS(=O)(=O)c2ccc(C(C)(C)C)cc2)s1. The van der Waals surface area contributed by atoms with Gasteiger partial charge in [-0.25, -0.2) is 4.83 Å². The molecule has 4 nitrogen and oxygen atoms in total. The van der Waals surface area contributed by atoms with E-state index in [1.807, 2.05) is 31.2 Å². The van der Waals surface area contributed by atoms with E-state index < -0.39 is 10.0 Å². The maximum Gasteiger partial charge on any atom is 0.276 e. The van der Waals surface area contributed by atoms with Crippen molar-refractivity contribution in [3.8, 4) is 0 Å². The molecule has 1 aromatic carbocycles. The lowest BCUT2D eigenvalue weighted by Crippen LogP contribution is -2.19. The Morgan fingerprint density at radius 3 is 2.23 bits per heavy atom. The van der Waals surface area contributed by atoms with Gasteiger partial charge in [-0.05, 0) is 42.2 Å². The summed E-state index contributed by atoms with van der Waals surface area (Å²) < 4.78 is 24.3. The largest absolute Gasteiger partial charge is 0.276 e. The number of hydrazone groups is 1. The summed E-state index contributed by atoms with van der Waals surface area (Å²) in [7, 11) is -3.63. The molecule has 0 saturated heterocycles. The molecule has 1 heterocycles. The summed E-state index contributed by atoms with van der Waals surface area (Å²) in [4.78, 5) is 4.51. The molecule has 0 aliphatic rings. The number of benzene rings is 1. The number of sulfonamides is 1. The summed E-state index contributed by atoms with van der Waals surface area (Å²) in [5, 5.41) is 3.82. The van der Waals surface area contributed by atoms with Gasteiger partial charge in [0.25, 0.3) is 10.0 Å². The van der Waals surface area contributed by atoms with Crippen molar-refractivity contribution in [2.24, 2.45) is 5.10 Å². The van der Waals surface area contributed by atoms with Crippen molar-refractivity contribution in [2.75, 3.05) is 0 Å². The molecule has 1 N–H and O–H groups in total. The second kappa shape index (κ2) is 6.22. The molecule has 0 aliphatic carbocycles. The molecule has 0 aliphatic heterocycles. The maximum absolute atomic E-state index is 12.2. The van der Waals surface area contributed by atoms with E-state index in [4.69, 9.17) is 0 Å². The molecule has 0 atom stereocenters. The minimum atomic E-state index is -3.63. The lowest BCUT2D eigenvalue weighted by atomic mass is 9.87. The van der Waals surface area contributed by atoms with E-state index in [1.165, 1.54) is 6.21 Å². The Labute approximate surface area is 135 Å². The molecule has 0 radical (unpaired) electrons. The molecule has 0 bridgehead atoms. The number of rotatable bonds is 4. The number of nitrogens with one attached hydrogen (secondary N) is 1. The quantitative estimate of drug-likeness (QED) is 0.684. The lowest BCUT2D eigenvalue weighted by molar-refractivity contribution is 0.580. The van der Waals surface area contributed by atoms with Crippen LogP contribution in [0.2, 0.25) is 0 Å². The number of aryl methyl sites for hydroxylation is 1. The van der Waals surface area contributed by atoms with Crippen molar-refractivity contribution in [3.05, 3.63) is 51.7 Å². The smallest absolute Gasteiger partial charge is 0.200 e. The van der Waals surface area contributed by atoms with Gasteiger partial charge in [0.2, 0.25) is 0 Å². The second-order valence-electron chi connectivity index (χ2n) is 6.08. The summed E-state index contributed by atoms with van der Waals surface area (Å²) in [6, 6.07) is 10.7. The van der Waals surface area contributed by atoms with E-state index >= 15 is 0 Å². The first kappa shape index (κ1) is 16.7. The number of hydrogen-bond acceptors (Lipinski definition) is 4. The fourth-order valence-corrected chi connectivity index (χ4v) is 3.41. The van der Waals surface area contributed by atoms with Crippen LogP contribution in [0.5, 0.6) is 0 Å². The van der Waals surface area contributed by atoms with Crippen molar-refractivity contribution in [2.45, 2.75) is 38.0 Å². The molecule has 2 aromatic rings. The second-order valence-corrected chi connectivity index (χ2v) is 9.06. The summed E-state index contributed by atoms with van der Waals surface area (Å²) in [6.45, 7) is 8.25. The van der Waals surface area contributed by atoms with Gasteiger partial charge < -0.3 is 0 Å². The molecule has 0 amide bonds. The molecule has 6 heteroatoms. The van der Waals surface area contributed by atoms with Crippen molar-refractivity contribution in [1.29, 1.82) is 0 Å². The molecule has 0 unspecified atom stereocenters. The average molecular weight is 336 g/mol. The topological polar surface area (TPSA) is 58.5 Å². The van der Waals surface area contributed by atoms with Crippen molar-refractivity contribution in [3.63, 3.8) is 0 Å². The monoisotopic (exact) mass is 336 g/mol. The predicted molar refractivity (Wildman–Crippen MR) is 92.1 cm³/mol. The summed E-state index contributed by atoms with van der Waals surface area (Å²) in [5.41, 5.74) is 1.08. The molecule has 2 rings (SSSR count). The normalized spacial score (nSPS) is 12.7. The van der Waals surface area contributed by atoms with Crippen molar-refractivity contribution < 1.29 is 8.42 Å². The average Bonchev–Trinajstić information content (AvgIpc) is 2.83. The van der Waals surface area contributed by atoms with Crippen LogP contribution in [0.15, 0.2) is 46.4 Å². The molecule has 0 spiro atoms. The van der Waals surface area contributed by atoms with E-state index in [-0.39, 0.29) is 10.3 Å². The van der Waals surface area contributed by atoms with Gasteiger partial charge in [-0.15, -0.1) is 11.3 Å². The van der Waals surface area contributed by atoms with Gasteiger partial charge in [-0.2, -0.15) is 13.5 Å². The fourth-order valence-electron chi connectivity index (χ4n) is 1.87. The van der Waals surface area contributed by atoms with Crippen LogP contribution in [0.3, 0.4) is 0 Å². The van der Waals surface area contributed by atoms with E-state index in [9.17, 15) is 8.42 Å². The Morgan fingerprint density at radius 2 is 1.73 bits per heavy atom. The highest BCUT2D eigenvalue weighted by Gasteiger charge is 2.16. The number of nitrogens with zero attached hydrogens (tertiary/aromatic N) is 1. The summed E-state index contributed by atoms with van der Waals surface area (Å²) in [5.74, 6) is 0. The Kier molecular flexibility index (Phi) is 4.72. The minimum absolute atomic E-state index is 0.00902. The number of hydrogen-bond donors (Lipinski definition) is 1. The van der Waals surface area contributed by atoms with E-state index in [0.29, 0.717) is 0 Å². The standard InChI is InChI=1S/C16H20N2O2S2/c1-12-5-8-14(21-12)11-17-18-22(19,20)15-9-6-13(7-10-15)16(2,3)4/h5-11,18H,1-4H3/b17-11-. The highest BCUT2D eigenvalue weighted by molar-refractivity contribution is 7.89. The summed E-state index contributed by atoms with van der Waals surface area (Å²) >= 11 is 1.55. The van der Waals surface area contributed by atoms with Crippen molar-refractivity contribution in [1.82, 2.24) is 4.83 Å². The Bertz CT molecular complexity index is 767. The van der Waals surface area contributed by atoms with Gasteiger partial charge in [0.15, 0.2) is 0 Å². The predicted octanol–water partition coefficient (Wildman–Crippen LogP) is 3.67. The maximum atomic E-state index is 12.2. The first-order valence-electron chi connectivity index (χ1n) is 6.90. The third-order valence-electron chi connectivity index (χ3n) is 3.16. The van der Waals surface area contributed by atoms with E-state index in [1.54, 1.807) is 23.5 Å². The third kappa shape index (κ3) is 4.18. The first-order chi connectivity index (χ1) is 10.2. The van der Waals surface area contributed by atoms with Crippen LogP contribution in [0.4, 0.5) is 0 Å². The molecule has 0 fully saturated rings. The zero-order valence-corrected chi connectivity index (χ0v) is 14.8. The molecular weight excluding hydrogens is 316 g/mol. The summed E-state index contributed by atoms with van der Waals surface area (Å²) in [6.07, 6.45) is 1.51. The fraction of sp³-hybridized carbons (Fsp3) is 0.312. The highest BCUT2D eigenvalue weighted by atomic mass is 32.2. The number of thiophene rings is 1. The Hall–Kier alpha value is -1.66. The van der Waals surface area contributed by atoms with Crippen LogP contribution in [0.1, 0.15) is 36.1 Å². The van der Waals surface area contributed by atoms with Crippen LogP contribution in [0.25, 0.3) is 0 Å². The Balaban J connectivity index is 2.11. The van der Waals surface area contributed by atoms with E-state index in [0.717, 1.165) is 15.3 Å². The lowest BCUT2D eigenvalue weighted by Gasteiger charge is -2.19. The van der Waals surface area contributed by atoms with Crippen LogP contribution in [-0.2, 0) is 15.4 Å². The van der Waals surface area contributed by atoms with Crippen LogP contribution < -0.4 is 4.83 Å². The highest BCUT2D eigenvalue weighted by Crippen LogP contribution is 2.23. The first-order valence-corrected chi connectivity index (χ1v) is 9.20. The van der Waals surface area contributed by atoms with Gasteiger partial charge >= 0.3 is 0 Å². The molecular formula is C16H20N2O2S2. The zero-order chi connectivity index (χ0) is 16.4. The van der Waals surface area contributed by atoms with Crippen molar-refractivity contribution >= 4 is 27.6 Å². The third-order valence-corrected chi connectivity index (χ3v) is 5.33. The van der Waals surface area contributed by atoms with Gasteiger partial charge in [0, 0.05) is 9.75 Å². The van der Waals surface area contributed by atoms with Gasteiger partial charge in [0.1, 0.15) is 0 Å². The zero-order valence-electron chi connectivity index (χ0n) is 13.1. The Morgan fingerprint density at radius 1 is 1.09 bits per heavy atom. The van der Waals surface area contributed by atoms with Gasteiger partial charge in [-0.1, -0.05) is 32.9 Å². The molecule has 1 aromatic heterocycles. The van der Waals surface area contributed by atoms with Gasteiger partial charge in [0.05, 0.1) is 11.1 Å². The van der Waals surface area contributed by atoms with E-state index in [2.05, 4.69) is 30.7 Å². The van der Waals surface area contributed by atoms with Crippen LogP contribution in [-0.4, -0.2) is 14.6 Å². The molecule has 22 heavy (non-hydrogen) atoms. The van der Waals surface area contributed by atoms with Crippen LogP contribution >= 0.6 is 11.3 Å². The molecule has 118 valence electrons. The van der Waals surface area contributed by atoms with Gasteiger partial charge in [-0.3, -0.25) is 0 Å².